The third kappa shape index (κ3) is 5.58. The molecule has 8 nitrogen and oxygen atoms in total. The van der Waals surface area contributed by atoms with E-state index in [-0.39, 0.29) is 11.8 Å². The van der Waals surface area contributed by atoms with Crippen molar-refractivity contribution in [1.82, 2.24) is 15.0 Å². The maximum Gasteiger partial charge on any atom is 0.337 e. The molecule has 1 aliphatic rings. The first-order valence-corrected chi connectivity index (χ1v) is 11.1. The third-order valence-corrected chi connectivity index (χ3v) is 5.99. The van der Waals surface area contributed by atoms with Crippen LogP contribution in [0.4, 0.5) is 5.69 Å². The Morgan fingerprint density at radius 3 is 2.79 bits per heavy atom. The molecular formula is C24H25ClN4O4. The van der Waals surface area contributed by atoms with Gasteiger partial charge in [-0.05, 0) is 44.5 Å². The fourth-order valence-electron chi connectivity index (χ4n) is 3.84. The molecule has 1 N–H and O–H groups in total. The number of esters is 1. The zero-order chi connectivity index (χ0) is 23.4. The first kappa shape index (κ1) is 22.9. The van der Waals surface area contributed by atoms with E-state index in [0.717, 1.165) is 24.9 Å². The Balaban J connectivity index is 1.38. The second-order valence-corrected chi connectivity index (χ2v) is 8.53. The molecule has 1 saturated heterocycles. The number of piperidine rings is 1. The van der Waals surface area contributed by atoms with Crippen molar-refractivity contribution < 1.29 is 18.8 Å². The maximum absolute atomic E-state index is 12.9. The van der Waals surface area contributed by atoms with Crippen LogP contribution in [-0.2, 0) is 16.1 Å². The number of amides is 1. The fourth-order valence-corrected chi connectivity index (χ4v) is 4.01. The average Bonchev–Trinajstić information content (AvgIpc) is 3.29. The summed E-state index contributed by atoms with van der Waals surface area (Å²) >= 11 is 6.22. The van der Waals surface area contributed by atoms with E-state index >= 15 is 0 Å². The number of nitrogens with one attached hydrogen (secondary N) is 1. The molecule has 4 rings (SSSR count). The van der Waals surface area contributed by atoms with Gasteiger partial charge in [0.15, 0.2) is 0 Å². The average molecular weight is 469 g/mol. The van der Waals surface area contributed by atoms with Gasteiger partial charge in [0.2, 0.25) is 17.6 Å². The predicted octanol–water partition coefficient (Wildman–Crippen LogP) is 4.34. The quantitative estimate of drug-likeness (QED) is 0.537. The van der Waals surface area contributed by atoms with Crippen LogP contribution in [0.5, 0.6) is 0 Å². The van der Waals surface area contributed by atoms with Gasteiger partial charge >= 0.3 is 5.97 Å². The Morgan fingerprint density at radius 1 is 1.24 bits per heavy atom. The van der Waals surface area contributed by atoms with E-state index < -0.39 is 5.97 Å². The van der Waals surface area contributed by atoms with Crippen LogP contribution in [0.1, 0.15) is 34.7 Å². The Kier molecular flexibility index (Phi) is 7.05. The van der Waals surface area contributed by atoms with Gasteiger partial charge in [-0.25, -0.2) is 4.79 Å². The van der Waals surface area contributed by atoms with Crippen molar-refractivity contribution in [2.75, 3.05) is 25.5 Å². The smallest absolute Gasteiger partial charge is 0.337 e. The number of carbonyl (C=O) groups excluding carboxylic acids is 2. The van der Waals surface area contributed by atoms with Gasteiger partial charge in [0, 0.05) is 12.1 Å². The molecule has 2 aromatic carbocycles. The normalized spacial score (nSPS) is 16.4. The summed E-state index contributed by atoms with van der Waals surface area (Å²) in [6.07, 6.45) is 1.63. The molecule has 1 aliphatic heterocycles. The Hall–Kier alpha value is -3.23. The molecule has 1 fully saturated rings. The first-order valence-electron chi connectivity index (χ1n) is 10.7. The van der Waals surface area contributed by atoms with Crippen molar-refractivity contribution in [1.29, 1.82) is 0 Å². The molecule has 1 atom stereocenters. The Labute approximate surface area is 196 Å². The van der Waals surface area contributed by atoms with E-state index in [1.807, 2.05) is 31.2 Å². The van der Waals surface area contributed by atoms with Crippen LogP contribution in [0.25, 0.3) is 11.4 Å². The monoisotopic (exact) mass is 468 g/mol. The van der Waals surface area contributed by atoms with Crippen LogP contribution in [0.3, 0.4) is 0 Å². The standard InChI is InChI=1S/C24H25ClN4O4/c1-15-5-7-16(8-6-15)22-27-21(33-28-22)14-29-11-3-4-18(13-29)23(30)26-20-12-17(24(31)32-2)9-10-19(20)25/h5-10,12,18H,3-4,11,13-14H2,1-2H3,(H,26,30). The second-order valence-electron chi connectivity index (χ2n) is 8.13. The van der Waals surface area contributed by atoms with E-state index in [4.69, 9.17) is 20.9 Å². The molecule has 0 aliphatic carbocycles. The molecule has 9 heteroatoms. The number of likely N-dealkylation sites (tertiary alicyclic amines) is 1. The molecule has 2 heterocycles. The molecule has 3 aromatic rings. The van der Waals surface area contributed by atoms with Crippen LogP contribution in [0.15, 0.2) is 47.0 Å². The van der Waals surface area contributed by atoms with E-state index in [2.05, 4.69) is 20.4 Å². The number of methoxy groups -OCH3 is 1. The van der Waals surface area contributed by atoms with Gasteiger partial charge < -0.3 is 14.6 Å². The summed E-state index contributed by atoms with van der Waals surface area (Å²) in [7, 11) is 1.30. The van der Waals surface area contributed by atoms with Crippen LogP contribution in [0.2, 0.25) is 5.02 Å². The molecule has 1 aromatic heterocycles. The van der Waals surface area contributed by atoms with Crippen molar-refractivity contribution >= 4 is 29.2 Å². The summed E-state index contributed by atoms with van der Waals surface area (Å²) in [5.74, 6) is 0.207. The lowest BCUT2D eigenvalue weighted by molar-refractivity contribution is -0.121. The highest BCUT2D eigenvalue weighted by atomic mass is 35.5. The van der Waals surface area contributed by atoms with Crippen molar-refractivity contribution in [3.63, 3.8) is 0 Å². The molecule has 0 saturated carbocycles. The molecule has 172 valence electrons. The minimum atomic E-state index is -0.490. The van der Waals surface area contributed by atoms with E-state index in [0.29, 0.717) is 41.1 Å². The molecule has 0 spiro atoms. The largest absolute Gasteiger partial charge is 0.465 e. The lowest BCUT2D eigenvalue weighted by atomic mass is 9.97. The van der Waals surface area contributed by atoms with Gasteiger partial charge in [0.25, 0.3) is 0 Å². The van der Waals surface area contributed by atoms with Crippen molar-refractivity contribution in [3.05, 3.63) is 64.5 Å². The number of aromatic nitrogens is 2. The lowest BCUT2D eigenvalue weighted by Gasteiger charge is -2.31. The summed E-state index contributed by atoms with van der Waals surface area (Å²) < 4.78 is 10.2. The summed E-state index contributed by atoms with van der Waals surface area (Å²) in [6, 6.07) is 12.6. The number of hydrogen-bond donors (Lipinski definition) is 1. The molecular weight excluding hydrogens is 444 g/mol. The summed E-state index contributed by atoms with van der Waals surface area (Å²) in [6.45, 7) is 3.90. The third-order valence-electron chi connectivity index (χ3n) is 5.66. The van der Waals surface area contributed by atoms with Gasteiger partial charge in [-0.3, -0.25) is 9.69 Å². The van der Waals surface area contributed by atoms with Crippen LogP contribution >= 0.6 is 11.6 Å². The van der Waals surface area contributed by atoms with Gasteiger partial charge in [-0.15, -0.1) is 0 Å². The second kappa shape index (κ2) is 10.1. The number of carbonyl (C=O) groups is 2. The minimum Gasteiger partial charge on any atom is -0.465 e. The molecule has 33 heavy (non-hydrogen) atoms. The van der Waals surface area contributed by atoms with E-state index in [1.54, 1.807) is 12.1 Å². The van der Waals surface area contributed by atoms with E-state index in [1.165, 1.54) is 18.7 Å². The van der Waals surface area contributed by atoms with Crippen LogP contribution < -0.4 is 5.32 Å². The highest BCUT2D eigenvalue weighted by Crippen LogP contribution is 2.26. The fraction of sp³-hybridized carbons (Fsp3) is 0.333. The first-order chi connectivity index (χ1) is 15.9. The SMILES string of the molecule is COC(=O)c1ccc(Cl)c(NC(=O)C2CCCN(Cc3nc(-c4ccc(C)cc4)no3)C2)c1. The van der Waals surface area contributed by atoms with Crippen molar-refractivity contribution in [2.45, 2.75) is 26.3 Å². The maximum atomic E-state index is 12.9. The zero-order valence-corrected chi connectivity index (χ0v) is 19.3. The Morgan fingerprint density at radius 2 is 2.03 bits per heavy atom. The molecule has 0 bridgehead atoms. The number of ether oxygens (including phenoxy) is 1. The van der Waals surface area contributed by atoms with Gasteiger partial charge in [0.05, 0.1) is 35.8 Å². The van der Waals surface area contributed by atoms with Crippen molar-refractivity contribution in [3.8, 4) is 11.4 Å². The van der Waals surface area contributed by atoms with Crippen LogP contribution in [-0.4, -0.2) is 47.1 Å². The zero-order valence-electron chi connectivity index (χ0n) is 18.5. The summed E-state index contributed by atoms with van der Waals surface area (Å²) in [5, 5.41) is 7.30. The summed E-state index contributed by atoms with van der Waals surface area (Å²) in [4.78, 5) is 31.3. The van der Waals surface area contributed by atoms with Gasteiger partial charge in [-0.1, -0.05) is 46.6 Å². The topological polar surface area (TPSA) is 97.6 Å². The number of rotatable bonds is 6. The van der Waals surface area contributed by atoms with Gasteiger partial charge in [0.1, 0.15) is 0 Å². The molecule has 0 radical (unpaired) electrons. The summed E-state index contributed by atoms with van der Waals surface area (Å²) in [5.41, 5.74) is 2.78. The number of nitrogens with zero attached hydrogens (tertiary/aromatic N) is 3. The number of benzene rings is 2. The molecule has 1 amide bonds. The highest BCUT2D eigenvalue weighted by molar-refractivity contribution is 6.33. The van der Waals surface area contributed by atoms with Crippen molar-refractivity contribution in [2.24, 2.45) is 5.92 Å². The van der Waals surface area contributed by atoms with Gasteiger partial charge in [-0.2, -0.15) is 4.98 Å². The highest BCUT2D eigenvalue weighted by Gasteiger charge is 2.27. The number of halogens is 1. The minimum absolute atomic E-state index is 0.144. The number of aryl methyl sites for hydroxylation is 1. The number of anilines is 1. The lowest BCUT2D eigenvalue weighted by Crippen LogP contribution is -2.40. The predicted molar refractivity (Wildman–Crippen MR) is 124 cm³/mol. The van der Waals surface area contributed by atoms with Crippen LogP contribution in [0, 0.1) is 12.8 Å². The molecule has 1 unspecified atom stereocenters. The Bertz CT molecular complexity index is 1150. The number of hydrogen-bond acceptors (Lipinski definition) is 7. The van der Waals surface area contributed by atoms with E-state index in [9.17, 15) is 9.59 Å².